The number of hydrogen-bond donors (Lipinski definition) is 1. The van der Waals surface area contributed by atoms with Crippen molar-refractivity contribution >= 4 is 39.1 Å². The van der Waals surface area contributed by atoms with Crippen LogP contribution in [0.3, 0.4) is 0 Å². The molecule has 0 heterocycles. The predicted octanol–water partition coefficient (Wildman–Crippen LogP) is 5.88. The number of unbranched alkanes of at least 4 members (excludes halogenated alkanes) is 1. The average Bonchev–Trinajstić information content (AvgIpc) is 2.93. The number of anilines is 1. The minimum Gasteiger partial charge on any atom is -0.354 e. The van der Waals surface area contributed by atoms with Crippen LogP contribution in [0.1, 0.15) is 49.8 Å². The van der Waals surface area contributed by atoms with Crippen LogP contribution in [-0.4, -0.2) is 44.3 Å². The molecular formula is C31H38ClN3O4S. The molecule has 0 bridgehead atoms. The molecule has 214 valence electrons. The molecule has 3 aromatic rings. The van der Waals surface area contributed by atoms with E-state index >= 15 is 0 Å². The molecule has 7 nitrogen and oxygen atoms in total. The zero-order chi connectivity index (χ0) is 29.3. The molecule has 9 heteroatoms. The van der Waals surface area contributed by atoms with Gasteiger partial charge in [0.1, 0.15) is 12.6 Å². The van der Waals surface area contributed by atoms with Gasteiger partial charge in [0.15, 0.2) is 0 Å². The topological polar surface area (TPSA) is 86.8 Å². The number of nitrogens with zero attached hydrogens (tertiary/aromatic N) is 2. The summed E-state index contributed by atoms with van der Waals surface area (Å²) in [5, 5.41) is 3.39. The van der Waals surface area contributed by atoms with Crippen LogP contribution < -0.4 is 9.62 Å². The lowest BCUT2D eigenvalue weighted by Crippen LogP contribution is -2.52. The van der Waals surface area contributed by atoms with Crippen molar-refractivity contribution in [2.45, 2.75) is 64.4 Å². The number of amides is 2. The fourth-order valence-corrected chi connectivity index (χ4v) is 5.91. The highest BCUT2D eigenvalue weighted by molar-refractivity contribution is 7.92. The second kappa shape index (κ2) is 14.3. The Balaban J connectivity index is 2.04. The quantitative estimate of drug-likeness (QED) is 0.255. The van der Waals surface area contributed by atoms with Crippen LogP contribution in [0.5, 0.6) is 0 Å². The third-order valence-corrected chi connectivity index (χ3v) is 8.86. The minimum absolute atomic E-state index is 0.0654. The van der Waals surface area contributed by atoms with Gasteiger partial charge in [0, 0.05) is 18.1 Å². The lowest BCUT2D eigenvalue weighted by molar-refractivity contribution is -0.140. The van der Waals surface area contributed by atoms with E-state index in [1.807, 2.05) is 52.0 Å². The monoisotopic (exact) mass is 583 g/mol. The fourth-order valence-electron chi connectivity index (χ4n) is 4.37. The molecule has 0 fully saturated rings. The van der Waals surface area contributed by atoms with Crippen LogP contribution >= 0.6 is 11.6 Å². The van der Waals surface area contributed by atoms with Crippen molar-refractivity contribution < 1.29 is 18.0 Å². The van der Waals surface area contributed by atoms with Crippen molar-refractivity contribution in [1.29, 1.82) is 0 Å². The molecule has 0 saturated heterocycles. The van der Waals surface area contributed by atoms with E-state index in [9.17, 15) is 18.0 Å². The molecule has 0 radical (unpaired) electrons. The highest BCUT2D eigenvalue weighted by atomic mass is 35.5. The lowest BCUT2D eigenvalue weighted by Gasteiger charge is -2.33. The van der Waals surface area contributed by atoms with Gasteiger partial charge < -0.3 is 10.2 Å². The first kappa shape index (κ1) is 31.2. The van der Waals surface area contributed by atoms with Gasteiger partial charge in [0.2, 0.25) is 11.8 Å². The van der Waals surface area contributed by atoms with E-state index in [2.05, 4.69) is 5.32 Å². The Morgan fingerprint density at radius 3 is 2.17 bits per heavy atom. The Morgan fingerprint density at radius 2 is 1.57 bits per heavy atom. The van der Waals surface area contributed by atoms with E-state index in [0.29, 0.717) is 23.7 Å². The Kier molecular flexibility index (Phi) is 11.2. The third kappa shape index (κ3) is 7.86. The lowest BCUT2D eigenvalue weighted by atomic mass is 10.1. The first-order valence-corrected chi connectivity index (χ1v) is 15.4. The van der Waals surface area contributed by atoms with Crippen LogP contribution in [-0.2, 0) is 26.2 Å². The molecule has 0 aromatic heterocycles. The highest BCUT2D eigenvalue weighted by Gasteiger charge is 2.33. The predicted molar refractivity (Wildman–Crippen MR) is 161 cm³/mol. The highest BCUT2D eigenvalue weighted by Crippen LogP contribution is 2.26. The van der Waals surface area contributed by atoms with Crippen LogP contribution in [0.15, 0.2) is 77.7 Å². The van der Waals surface area contributed by atoms with E-state index in [0.717, 1.165) is 33.8 Å². The number of halogens is 1. The van der Waals surface area contributed by atoms with E-state index in [1.165, 1.54) is 17.0 Å². The van der Waals surface area contributed by atoms with Gasteiger partial charge in [-0.15, -0.1) is 0 Å². The van der Waals surface area contributed by atoms with Crippen molar-refractivity contribution in [3.63, 3.8) is 0 Å². The molecule has 3 rings (SSSR count). The van der Waals surface area contributed by atoms with E-state index in [-0.39, 0.29) is 17.3 Å². The van der Waals surface area contributed by atoms with E-state index in [1.54, 1.807) is 36.4 Å². The maximum absolute atomic E-state index is 14.1. The summed E-state index contributed by atoms with van der Waals surface area (Å²) in [6.45, 7) is 7.90. The summed E-state index contributed by atoms with van der Waals surface area (Å²) in [5.74, 6) is -0.733. The molecular weight excluding hydrogens is 546 g/mol. The number of rotatable bonds is 13. The van der Waals surface area contributed by atoms with Gasteiger partial charge in [-0.25, -0.2) is 8.42 Å². The number of aryl methyl sites for hydroxylation is 2. The standard InChI is InChI=1S/C31H38ClN3O4S/c1-5-7-20-33-31(37)29(6-2)34(21-25-11-9-8-10-24(25)4)30(36)22-35(27-16-14-26(32)15-17-27)40(38,39)28-18-12-23(3)13-19-28/h8-19,29H,5-7,20-22H2,1-4H3,(H,33,37)/t29-/m0/s1. The Hall–Kier alpha value is -3.36. The second-order valence-electron chi connectivity index (χ2n) is 9.82. The van der Waals surface area contributed by atoms with Gasteiger partial charge in [-0.2, -0.15) is 0 Å². The molecule has 0 aliphatic heterocycles. The third-order valence-electron chi connectivity index (χ3n) is 6.82. The molecule has 2 amide bonds. The number of carbonyl (C=O) groups is 2. The van der Waals surface area contributed by atoms with Crippen molar-refractivity contribution in [2.24, 2.45) is 0 Å². The van der Waals surface area contributed by atoms with Gasteiger partial charge in [0.05, 0.1) is 10.6 Å². The van der Waals surface area contributed by atoms with Gasteiger partial charge in [-0.1, -0.05) is 73.8 Å². The van der Waals surface area contributed by atoms with Gasteiger partial charge in [-0.05, 0) is 74.2 Å². The summed E-state index contributed by atoms with van der Waals surface area (Å²) in [7, 11) is -4.12. The minimum atomic E-state index is -4.12. The summed E-state index contributed by atoms with van der Waals surface area (Å²) in [5.41, 5.74) is 3.07. The molecule has 1 atom stereocenters. The first-order chi connectivity index (χ1) is 19.1. The van der Waals surface area contributed by atoms with Crippen molar-refractivity contribution in [2.75, 3.05) is 17.4 Å². The van der Waals surface area contributed by atoms with Gasteiger partial charge in [0.25, 0.3) is 10.0 Å². The normalized spacial score (nSPS) is 12.0. The largest absolute Gasteiger partial charge is 0.354 e. The molecule has 40 heavy (non-hydrogen) atoms. The maximum Gasteiger partial charge on any atom is 0.264 e. The molecule has 0 unspecified atom stereocenters. The number of hydrogen-bond acceptors (Lipinski definition) is 4. The Labute approximate surface area is 243 Å². The molecule has 0 saturated carbocycles. The molecule has 3 aromatic carbocycles. The molecule has 0 aliphatic rings. The summed E-state index contributed by atoms with van der Waals surface area (Å²) in [6.07, 6.45) is 2.13. The van der Waals surface area contributed by atoms with E-state index < -0.39 is 28.5 Å². The smallest absolute Gasteiger partial charge is 0.264 e. The van der Waals surface area contributed by atoms with Crippen molar-refractivity contribution in [1.82, 2.24) is 10.2 Å². The van der Waals surface area contributed by atoms with E-state index in [4.69, 9.17) is 11.6 Å². The van der Waals surface area contributed by atoms with Gasteiger partial charge >= 0.3 is 0 Å². The summed E-state index contributed by atoms with van der Waals surface area (Å²) >= 11 is 6.09. The maximum atomic E-state index is 14.1. The zero-order valence-corrected chi connectivity index (χ0v) is 25.1. The van der Waals surface area contributed by atoms with Crippen LogP contribution in [0.25, 0.3) is 0 Å². The van der Waals surface area contributed by atoms with Crippen LogP contribution in [0, 0.1) is 13.8 Å². The molecule has 1 N–H and O–H groups in total. The summed E-state index contributed by atoms with van der Waals surface area (Å²) in [4.78, 5) is 28.9. The summed E-state index contributed by atoms with van der Waals surface area (Å²) in [6, 6.07) is 19.7. The number of benzene rings is 3. The average molecular weight is 584 g/mol. The van der Waals surface area contributed by atoms with Crippen molar-refractivity contribution in [3.05, 3.63) is 94.5 Å². The fraction of sp³-hybridized carbons (Fsp3) is 0.355. The van der Waals surface area contributed by atoms with Crippen LogP contribution in [0.4, 0.5) is 5.69 Å². The Bertz CT molecular complexity index is 1390. The van der Waals surface area contributed by atoms with Crippen LogP contribution in [0.2, 0.25) is 5.02 Å². The number of nitrogens with one attached hydrogen (secondary N) is 1. The first-order valence-electron chi connectivity index (χ1n) is 13.5. The zero-order valence-electron chi connectivity index (χ0n) is 23.6. The number of sulfonamides is 1. The Morgan fingerprint density at radius 1 is 0.925 bits per heavy atom. The molecule has 0 aliphatic carbocycles. The number of carbonyl (C=O) groups excluding carboxylic acids is 2. The molecule has 0 spiro atoms. The van der Waals surface area contributed by atoms with Gasteiger partial charge in [-0.3, -0.25) is 13.9 Å². The second-order valence-corrected chi connectivity index (χ2v) is 12.1. The van der Waals surface area contributed by atoms with Crippen molar-refractivity contribution in [3.8, 4) is 0 Å². The summed E-state index contributed by atoms with van der Waals surface area (Å²) < 4.78 is 28.9. The SMILES string of the molecule is CCCCNC(=O)[C@H](CC)N(Cc1ccccc1C)C(=O)CN(c1ccc(Cl)cc1)S(=O)(=O)c1ccc(C)cc1.